The lowest BCUT2D eigenvalue weighted by Crippen LogP contribution is -2.50. The summed E-state index contributed by atoms with van der Waals surface area (Å²) in [5, 5.41) is 9.50. The van der Waals surface area contributed by atoms with E-state index < -0.39 is 23.4 Å². The zero-order valence-corrected chi connectivity index (χ0v) is 24.9. The summed E-state index contributed by atoms with van der Waals surface area (Å²) in [5.41, 5.74) is 1.50. The number of ether oxygens (including phenoxy) is 2. The number of amides is 3. The first-order chi connectivity index (χ1) is 19.5. The second-order valence-corrected chi connectivity index (χ2v) is 10.4. The number of aryl methyl sites for hydroxylation is 2. The van der Waals surface area contributed by atoms with Gasteiger partial charge in [-0.15, -0.1) is 0 Å². The smallest absolute Gasteiger partial charge is 0.248 e. The minimum atomic E-state index is -1.12. The zero-order valence-electron chi connectivity index (χ0n) is 24.9. The van der Waals surface area contributed by atoms with Crippen LogP contribution in [-0.4, -0.2) is 42.6 Å². The van der Waals surface area contributed by atoms with Crippen molar-refractivity contribution < 1.29 is 28.4 Å². The molecule has 0 aliphatic carbocycles. The van der Waals surface area contributed by atoms with E-state index in [1.165, 1.54) is 19.1 Å². The summed E-state index contributed by atoms with van der Waals surface area (Å²) in [7, 11) is 3.00. The Bertz CT molecular complexity index is 1350. The molecule has 0 saturated carbocycles. The van der Waals surface area contributed by atoms with Crippen molar-refractivity contribution >= 4 is 29.2 Å². The van der Waals surface area contributed by atoms with Gasteiger partial charge in [-0.25, -0.2) is 0 Å². The number of rotatable bonds is 13. The first-order valence-electron chi connectivity index (χ1n) is 13.7. The fraction of sp³-hybridized carbons (Fsp3) is 0.419. The van der Waals surface area contributed by atoms with E-state index >= 15 is 0 Å². The lowest BCUT2D eigenvalue weighted by Gasteiger charge is -2.35. The summed E-state index contributed by atoms with van der Waals surface area (Å²) in [4.78, 5) is 42.2. The monoisotopic (exact) mass is 564 g/mol. The summed E-state index contributed by atoms with van der Waals surface area (Å²) >= 11 is 0. The lowest BCUT2D eigenvalue weighted by molar-refractivity contribution is -0.128. The summed E-state index contributed by atoms with van der Waals surface area (Å²) in [6.45, 7) is 9.57. The molecule has 1 aromatic heterocycles. The third-order valence-electron chi connectivity index (χ3n) is 6.93. The average Bonchev–Trinajstić information content (AvgIpc) is 3.37. The molecule has 41 heavy (non-hydrogen) atoms. The molecule has 1 unspecified atom stereocenters. The molecule has 0 aliphatic rings. The second-order valence-electron chi connectivity index (χ2n) is 10.4. The lowest BCUT2D eigenvalue weighted by atomic mass is 9.97. The molecule has 10 nitrogen and oxygen atoms in total. The van der Waals surface area contributed by atoms with E-state index in [0.29, 0.717) is 34.9 Å². The molecule has 0 aliphatic heterocycles. The van der Waals surface area contributed by atoms with E-state index in [1.54, 1.807) is 31.2 Å². The highest BCUT2D eigenvalue weighted by molar-refractivity contribution is 6.03. The highest BCUT2D eigenvalue weighted by Crippen LogP contribution is 2.39. The molecule has 0 saturated heterocycles. The maximum absolute atomic E-state index is 14.1. The minimum absolute atomic E-state index is 0.127. The number of anilines is 2. The van der Waals surface area contributed by atoms with Gasteiger partial charge in [0, 0.05) is 35.7 Å². The van der Waals surface area contributed by atoms with Gasteiger partial charge in [0.1, 0.15) is 11.8 Å². The van der Waals surface area contributed by atoms with Crippen molar-refractivity contribution in [1.82, 2.24) is 10.5 Å². The Morgan fingerprint density at radius 1 is 1.02 bits per heavy atom. The predicted molar refractivity (Wildman–Crippen MR) is 157 cm³/mol. The van der Waals surface area contributed by atoms with Gasteiger partial charge in [-0.3, -0.25) is 19.3 Å². The summed E-state index contributed by atoms with van der Waals surface area (Å²) in [6, 6.07) is 13.2. The van der Waals surface area contributed by atoms with Crippen molar-refractivity contribution in [1.29, 1.82) is 0 Å². The van der Waals surface area contributed by atoms with Gasteiger partial charge in [0.15, 0.2) is 17.3 Å². The Balaban J connectivity index is 2.08. The molecule has 1 heterocycles. The van der Waals surface area contributed by atoms with Gasteiger partial charge in [-0.1, -0.05) is 43.3 Å². The SMILES string of the molecule is CCc1ccc(N(C(=O)CCC(=O)Nc2cc(C)on2)C(C(=O)NC(C)(C)CC)c2cccc(OC)c2OC)cc1. The van der Waals surface area contributed by atoms with Crippen LogP contribution in [0.25, 0.3) is 0 Å². The number of hydrogen-bond acceptors (Lipinski definition) is 7. The number of benzene rings is 2. The third-order valence-corrected chi connectivity index (χ3v) is 6.93. The van der Waals surface area contributed by atoms with Crippen molar-refractivity contribution in [2.75, 3.05) is 24.4 Å². The molecule has 2 N–H and O–H groups in total. The average molecular weight is 565 g/mol. The fourth-order valence-corrected chi connectivity index (χ4v) is 4.32. The van der Waals surface area contributed by atoms with E-state index in [4.69, 9.17) is 14.0 Å². The highest BCUT2D eigenvalue weighted by Gasteiger charge is 2.37. The topological polar surface area (TPSA) is 123 Å². The molecule has 2 aromatic carbocycles. The molecule has 0 spiro atoms. The van der Waals surface area contributed by atoms with Crippen molar-refractivity contribution in [3.63, 3.8) is 0 Å². The Morgan fingerprint density at radius 3 is 2.29 bits per heavy atom. The Kier molecular flexibility index (Phi) is 10.5. The quantitative estimate of drug-likeness (QED) is 0.286. The molecular formula is C31H40N4O6. The van der Waals surface area contributed by atoms with Gasteiger partial charge in [-0.2, -0.15) is 0 Å². The van der Waals surface area contributed by atoms with E-state index in [0.717, 1.165) is 12.0 Å². The Morgan fingerprint density at radius 2 is 1.73 bits per heavy atom. The van der Waals surface area contributed by atoms with Gasteiger partial charge in [-0.05, 0) is 57.4 Å². The molecule has 3 amide bonds. The highest BCUT2D eigenvalue weighted by atomic mass is 16.5. The zero-order chi connectivity index (χ0) is 30.2. The maximum atomic E-state index is 14.1. The van der Waals surface area contributed by atoms with Crippen molar-refractivity contribution in [2.45, 2.75) is 71.9 Å². The number of nitrogens with zero attached hydrogens (tertiary/aromatic N) is 2. The van der Waals surface area contributed by atoms with Gasteiger partial charge in [0.2, 0.25) is 17.7 Å². The molecule has 1 atom stereocenters. The van der Waals surface area contributed by atoms with Crippen LogP contribution in [0.4, 0.5) is 11.5 Å². The van der Waals surface area contributed by atoms with Crippen LogP contribution >= 0.6 is 0 Å². The first kappa shape index (κ1) is 31.2. The maximum Gasteiger partial charge on any atom is 0.248 e. The number of carbonyl (C=O) groups is 3. The standard InChI is InChI=1S/C31H40N4O6/c1-8-21-13-15-22(16-14-21)35(27(37)18-17-26(36)32-25-19-20(3)41-34-25)28(30(38)33-31(4,5)9-2)23-11-10-12-24(39-6)29(23)40-7/h10-16,19,28H,8-9,17-18H2,1-7H3,(H,33,38)(H,32,34,36). The summed E-state index contributed by atoms with van der Waals surface area (Å²) in [5.74, 6) is 0.375. The molecule has 3 rings (SSSR count). The molecule has 220 valence electrons. The number of para-hydroxylation sites is 1. The Hall–Kier alpha value is -4.34. The molecule has 0 fully saturated rings. The van der Waals surface area contributed by atoms with Crippen LogP contribution in [0.3, 0.4) is 0 Å². The predicted octanol–water partition coefficient (Wildman–Crippen LogP) is 5.36. The largest absolute Gasteiger partial charge is 0.493 e. The van der Waals surface area contributed by atoms with Crippen LogP contribution in [0.2, 0.25) is 0 Å². The normalized spacial score (nSPS) is 11.9. The molecule has 0 radical (unpaired) electrons. The summed E-state index contributed by atoms with van der Waals surface area (Å²) in [6.07, 6.45) is 1.19. The van der Waals surface area contributed by atoms with E-state index in [-0.39, 0.29) is 24.6 Å². The van der Waals surface area contributed by atoms with Crippen LogP contribution < -0.4 is 25.0 Å². The number of hydrogen-bond donors (Lipinski definition) is 2. The third kappa shape index (κ3) is 7.87. The second kappa shape index (κ2) is 13.8. The van der Waals surface area contributed by atoms with E-state index in [9.17, 15) is 14.4 Å². The van der Waals surface area contributed by atoms with Gasteiger partial charge in [0.25, 0.3) is 0 Å². The molecule has 0 bridgehead atoms. The van der Waals surface area contributed by atoms with Gasteiger partial charge in [0.05, 0.1) is 14.2 Å². The summed E-state index contributed by atoms with van der Waals surface area (Å²) < 4.78 is 16.2. The van der Waals surface area contributed by atoms with Crippen LogP contribution in [0.5, 0.6) is 11.5 Å². The molecule has 3 aromatic rings. The van der Waals surface area contributed by atoms with Crippen molar-refractivity contribution in [2.24, 2.45) is 0 Å². The molecular weight excluding hydrogens is 524 g/mol. The number of methoxy groups -OCH3 is 2. The van der Waals surface area contributed by atoms with E-state index in [2.05, 4.69) is 15.8 Å². The van der Waals surface area contributed by atoms with E-state index in [1.807, 2.05) is 52.0 Å². The van der Waals surface area contributed by atoms with Crippen molar-refractivity contribution in [3.8, 4) is 11.5 Å². The number of nitrogens with one attached hydrogen (secondary N) is 2. The Labute approximate surface area is 241 Å². The van der Waals surface area contributed by atoms with Gasteiger partial charge < -0.3 is 24.6 Å². The minimum Gasteiger partial charge on any atom is -0.493 e. The van der Waals surface area contributed by atoms with Crippen molar-refractivity contribution in [3.05, 3.63) is 65.4 Å². The first-order valence-corrected chi connectivity index (χ1v) is 13.7. The number of carbonyl (C=O) groups excluding carboxylic acids is 3. The number of aromatic nitrogens is 1. The van der Waals surface area contributed by atoms with Gasteiger partial charge >= 0.3 is 0 Å². The van der Waals surface area contributed by atoms with Crippen LogP contribution in [0.15, 0.2) is 53.1 Å². The van der Waals surface area contributed by atoms with Crippen LogP contribution in [0.1, 0.15) is 69.9 Å². The molecule has 10 heteroatoms. The van der Waals surface area contributed by atoms with Crippen LogP contribution in [0, 0.1) is 6.92 Å². The fourth-order valence-electron chi connectivity index (χ4n) is 4.32. The van der Waals surface area contributed by atoms with Crippen LogP contribution in [-0.2, 0) is 20.8 Å².